The zero-order valence-electron chi connectivity index (χ0n) is 18.3. The first kappa shape index (κ1) is 21.4. The molecule has 0 spiro atoms. The van der Waals surface area contributed by atoms with Crippen LogP contribution in [-0.4, -0.2) is 63.5 Å². The van der Waals surface area contributed by atoms with E-state index in [2.05, 4.69) is 43.5 Å². The van der Waals surface area contributed by atoms with Crippen LogP contribution >= 0.6 is 11.8 Å². The fourth-order valence-corrected chi connectivity index (χ4v) is 5.20. The predicted octanol–water partition coefficient (Wildman–Crippen LogP) is 2.19. The Balaban J connectivity index is 1.27. The molecule has 1 atom stereocenters. The molecule has 2 amide bonds. The van der Waals surface area contributed by atoms with Gasteiger partial charge in [-0.2, -0.15) is 0 Å². The number of hydrogen-bond acceptors (Lipinski definition) is 7. The van der Waals surface area contributed by atoms with Gasteiger partial charge in [-0.25, -0.2) is 9.67 Å². The summed E-state index contributed by atoms with van der Waals surface area (Å²) in [5, 5.41) is 7.07. The van der Waals surface area contributed by atoms with Gasteiger partial charge < -0.3 is 15.1 Å². The van der Waals surface area contributed by atoms with Crippen molar-refractivity contribution < 1.29 is 9.59 Å². The van der Waals surface area contributed by atoms with Crippen LogP contribution in [0.5, 0.6) is 0 Å². The minimum Gasteiger partial charge on any atom is -0.371 e. The van der Waals surface area contributed by atoms with Crippen LogP contribution in [0.25, 0.3) is 0 Å². The predicted molar refractivity (Wildman–Crippen MR) is 127 cm³/mol. The maximum absolute atomic E-state index is 13.2. The van der Waals surface area contributed by atoms with Crippen LogP contribution in [0.2, 0.25) is 0 Å². The Morgan fingerprint density at radius 2 is 2.03 bits per heavy atom. The highest BCUT2D eigenvalue weighted by molar-refractivity contribution is 7.99. The van der Waals surface area contributed by atoms with Gasteiger partial charge in [0.05, 0.1) is 17.9 Å². The summed E-state index contributed by atoms with van der Waals surface area (Å²) >= 11 is 1.57. The second-order valence-corrected chi connectivity index (χ2v) is 9.23. The summed E-state index contributed by atoms with van der Waals surface area (Å²) in [6, 6.07) is 11.2. The van der Waals surface area contributed by atoms with Crippen LogP contribution in [0.4, 0.5) is 11.4 Å². The molecule has 3 aromatic rings. The van der Waals surface area contributed by atoms with Crippen LogP contribution in [0.3, 0.4) is 0 Å². The number of likely N-dealkylation sites (N-methyl/N-ethyl adjacent to an activating group) is 1. The summed E-state index contributed by atoms with van der Waals surface area (Å²) in [7, 11) is 1.76. The van der Waals surface area contributed by atoms with E-state index in [1.807, 2.05) is 18.2 Å². The zero-order valence-corrected chi connectivity index (χ0v) is 19.2. The lowest BCUT2D eigenvalue weighted by Crippen LogP contribution is -2.48. The van der Waals surface area contributed by atoms with Crippen LogP contribution in [0, 0.1) is 0 Å². The second-order valence-electron chi connectivity index (χ2n) is 8.17. The maximum Gasteiger partial charge on any atom is 0.291 e. The molecule has 0 radical (unpaired) electrons. The molecular formula is C23H25N7O2S. The molecule has 5 rings (SSSR count). The normalized spacial score (nSPS) is 18.2. The average Bonchev–Trinajstić information content (AvgIpc) is 3.52. The van der Waals surface area contributed by atoms with Gasteiger partial charge in [0.1, 0.15) is 12.4 Å². The molecule has 0 aliphatic carbocycles. The zero-order chi connectivity index (χ0) is 22.8. The largest absolute Gasteiger partial charge is 0.371 e. The number of pyridine rings is 1. The number of anilines is 2. The number of nitrogens with zero attached hydrogens (tertiary/aromatic N) is 6. The first-order valence-electron chi connectivity index (χ1n) is 11.0. The third-order valence-electron chi connectivity index (χ3n) is 5.90. The minimum atomic E-state index is -0.669. The van der Waals surface area contributed by atoms with E-state index in [1.165, 1.54) is 19.2 Å². The van der Waals surface area contributed by atoms with E-state index in [0.717, 1.165) is 35.1 Å². The van der Waals surface area contributed by atoms with Gasteiger partial charge in [-0.3, -0.25) is 14.6 Å². The molecule has 4 heterocycles. The smallest absolute Gasteiger partial charge is 0.291 e. The summed E-state index contributed by atoms with van der Waals surface area (Å²) in [4.78, 5) is 39.4. The average molecular weight is 464 g/mol. The van der Waals surface area contributed by atoms with Gasteiger partial charge in [-0.05, 0) is 43.2 Å². The van der Waals surface area contributed by atoms with Crippen LogP contribution in [-0.2, 0) is 11.3 Å². The van der Waals surface area contributed by atoms with Gasteiger partial charge in [0.15, 0.2) is 0 Å². The lowest BCUT2D eigenvalue weighted by Gasteiger charge is -2.24. The summed E-state index contributed by atoms with van der Waals surface area (Å²) in [5.74, 6) is -0.143. The van der Waals surface area contributed by atoms with Crippen molar-refractivity contribution in [3.05, 3.63) is 60.4 Å². The van der Waals surface area contributed by atoms with Crippen molar-refractivity contribution >= 4 is 35.0 Å². The maximum atomic E-state index is 13.2. The van der Waals surface area contributed by atoms with Gasteiger partial charge in [0.2, 0.25) is 11.7 Å². The van der Waals surface area contributed by atoms with Gasteiger partial charge in [0.25, 0.3) is 5.91 Å². The van der Waals surface area contributed by atoms with Crippen molar-refractivity contribution in [2.45, 2.75) is 30.3 Å². The van der Waals surface area contributed by atoms with Crippen molar-refractivity contribution in [1.82, 2.24) is 25.1 Å². The Kier molecular flexibility index (Phi) is 5.99. The fourth-order valence-electron chi connectivity index (χ4n) is 4.12. The minimum absolute atomic E-state index is 0.0319. The summed E-state index contributed by atoms with van der Waals surface area (Å²) < 4.78 is 1.56. The summed E-state index contributed by atoms with van der Waals surface area (Å²) in [5.41, 5.74) is 2.83. The summed E-state index contributed by atoms with van der Waals surface area (Å²) in [6.07, 6.45) is 5.59. The molecule has 2 aliphatic rings. The van der Waals surface area contributed by atoms with Crippen molar-refractivity contribution in [3.63, 3.8) is 0 Å². The Morgan fingerprint density at radius 3 is 2.82 bits per heavy atom. The van der Waals surface area contributed by atoms with Gasteiger partial charge in [0, 0.05) is 42.7 Å². The van der Waals surface area contributed by atoms with E-state index in [0.29, 0.717) is 12.3 Å². The molecule has 1 saturated heterocycles. The molecule has 0 unspecified atom stereocenters. The molecule has 1 aromatic carbocycles. The van der Waals surface area contributed by atoms with Crippen molar-refractivity contribution in [3.8, 4) is 0 Å². The van der Waals surface area contributed by atoms with E-state index in [1.54, 1.807) is 34.6 Å². The molecule has 170 valence electrons. The highest BCUT2D eigenvalue weighted by atomic mass is 32.2. The lowest BCUT2D eigenvalue weighted by atomic mass is 10.2. The number of hydrogen-bond donors (Lipinski definition) is 1. The first-order valence-corrected chi connectivity index (χ1v) is 12.0. The van der Waals surface area contributed by atoms with E-state index < -0.39 is 11.9 Å². The molecule has 0 saturated carbocycles. The number of rotatable bonds is 5. The summed E-state index contributed by atoms with van der Waals surface area (Å²) in [6.45, 7) is 2.50. The monoisotopic (exact) mass is 463 g/mol. The SMILES string of the molecule is CN1C(=O)[C@@H](NC(=O)c2ncn(Cc3ccccn3)n2)CSc2ccc(N3CCCC3)cc21. The molecule has 10 heteroatoms. The van der Waals surface area contributed by atoms with E-state index >= 15 is 0 Å². The number of carbonyl (C=O) groups is 2. The number of thioether (sulfide) groups is 1. The number of aromatic nitrogens is 4. The molecule has 2 aromatic heterocycles. The van der Waals surface area contributed by atoms with E-state index in [-0.39, 0.29) is 11.7 Å². The van der Waals surface area contributed by atoms with E-state index in [9.17, 15) is 9.59 Å². The third kappa shape index (κ3) is 4.56. The van der Waals surface area contributed by atoms with E-state index in [4.69, 9.17) is 0 Å². The Labute approximate surface area is 196 Å². The highest BCUT2D eigenvalue weighted by Gasteiger charge is 2.31. The Hall–Kier alpha value is -3.40. The molecule has 9 nitrogen and oxygen atoms in total. The lowest BCUT2D eigenvalue weighted by molar-refractivity contribution is -0.119. The van der Waals surface area contributed by atoms with Crippen LogP contribution < -0.4 is 15.1 Å². The molecule has 2 aliphatic heterocycles. The van der Waals surface area contributed by atoms with Crippen LogP contribution in [0.15, 0.2) is 53.8 Å². The molecule has 1 N–H and O–H groups in total. The van der Waals surface area contributed by atoms with Crippen molar-refractivity contribution in [2.75, 3.05) is 35.7 Å². The molecule has 33 heavy (non-hydrogen) atoms. The number of nitrogens with one attached hydrogen (secondary N) is 1. The van der Waals surface area contributed by atoms with Crippen molar-refractivity contribution in [1.29, 1.82) is 0 Å². The fraction of sp³-hybridized carbons (Fsp3) is 0.348. The standard InChI is InChI=1S/C23H25N7O2S/c1-28-19-12-17(29-10-4-5-11-29)7-8-20(19)33-14-18(23(28)32)26-22(31)21-25-15-30(27-21)13-16-6-2-3-9-24-16/h2-3,6-9,12,15,18H,4-5,10-11,13-14H2,1H3,(H,26,31)/t18-/m0/s1. The van der Waals surface area contributed by atoms with Crippen molar-refractivity contribution in [2.24, 2.45) is 0 Å². The number of amides is 2. The number of benzene rings is 1. The molecule has 0 bridgehead atoms. The topological polar surface area (TPSA) is 96.2 Å². The van der Waals surface area contributed by atoms with Gasteiger partial charge in [-0.1, -0.05) is 6.07 Å². The van der Waals surface area contributed by atoms with Gasteiger partial charge >= 0.3 is 0 Å². The second kappa shape index (κ2) is 9.22. The number of fused-ring (bicyclic) bond motifs is 1. The number of carbonyl (C=O) groups excluding carboxylic acids is 2. The molecular weight excluding hydrogens is 438 g/mol. The Morgan fingerprint density at radius 1 is 1.18 bits per heavy atom. The third-order valence-corrected chi connectivity index (χ3v) is 7.06. The quantitative estimate of drug-likeness (QED) is 0.620. The van der Waals surface area contributed by atoms with Gasteiger partial charge in [-0.15, -0.1) is 16.9 Å². The molecule has 1 fully saturated rings. The first-order chi connectivity index (χ1) is 16.1. The van der Waals surface area contributed by atoms with Crippen LogP contribution in [0.1, 0.15) is 29.2 Å². The highest BCUT2D eigenvalue weighted by Crippen LogP contribution is 2.37. The Bertz CT molecular complexity index is 1160.